The minimum atomic E-state index is 1.16. The molecule has 8 aromatic carbocycles. The number of fused-ring (bicyclic) bond motifs is 10. The number of para-hydroxylation sites is 4. The van der Waals surface area contributed by atoms with E-state index < -0.39 is 0 Å². The average Bonchev–Trinajstić information content (AvgIpc) is 3.86. The Morgan fingerprint density at radius 1 is 0.333 bits per heavy atom. The molecule has 0 radical (unpaired) electrons. The lowest BCUT2D eigenvalue weighted by atomic mass is 9.95. The highest BCUT2D eigenvalue weighted by Crippen LogP contribution is 2.44. The number of aromatic nitrogens is 2. The van der Waals surface area contributed by atoms with E-state index in [9.17, 15) is 0 Å². The van der Waals surface area contributed by atoms with Crippen molar-refractivity contribution in [3.8, 4) is 33.6 Å². The van der Waals surface area contributed by atoms with Crippen LogP contribution in [0.3, 0.4) is 0 Å². The molecule has 3 heteroatoms. The van der Waals surface area contributed by atoms with Gasteiger partial charge in [-0.25, -0.2) is 0 Å². The number of rotatable bonds is 4. The number of thiophene rings is 1. The molecule has 3 heterocycles. The van der Waals surface area contributed by atoms with Crippen molar-refractivity contribution in [2.24, 2.45) is 0 Å². The predicted molar refractivity (Wildman–Crippen MR) is 219 cm³/mol. The molecular formula is C48H30N2S. The van der Waals surface area contributed by atoms with Crippen molar-refractivity contribution in [1.82, 2.24) is 9.13 Å². The van der Waals surface area contributed by atoms with E-state index in [4.69, 9.17) is 0 Å². The van der Waals surface area contributed by atoms with Crippen LogP contribution in [0.5, 0.6) is 0 Å². The Morgan fingerprint density at radius 2 is 0.882 bits per heavy atom. The summed E-state index contributed by atoms with van der Waals surface area (Å²) >= 11 is 1.90. The first-order valence-corrected chi connectivity index (χ1v) is 18.3. The van der Waals surface area contributed by atoms with Gasteiger partial charge in [-0.15, -0.1) is 11.3 Å². The van der Waals surface area contributed by atoms with Crippen molar-refractivity contribution in [2.75, 3.05) is 0 Å². The molecule has 0 aliphatic carbocycles. The third-order valence-electron chi connectivity index (χ3n) is 10.5. The van der Waals surface area contributed by atoms with E-state index >= 15 is 0 Å². The smallest absolute Gasteiger partial charge is 0.0618 e. The Hall–Kier alpha value is -6.42. The second-order valence-electron chi connectivity index (χ2n) is 13.3. The van der Waals surface area contributed by atoms with Gasteiger partial charge in [-0.1, -0.05) is 140 Å². The van der Waals surface area contributed by atoms with Gasteiger partial charge in [0.1, 0.15) is 0 Å². The third kappa shape index (κ3) is 4.16. The van der Waals surface area contributed by atoms with E-state index in [1.54, 1.807) is 0 Å². The highest BCUT2D eigenvalue weighted by Gasteiger charge is 2.21. The predicted octanol–water partition coefficient (Wildman–Crippen LogP) is 13.6. The SMILES string of the molecule is c1ccc(-c2cccc(-c3ccc(-n4c5ccccc5c5c6sc7ccccc7c6ccc54)cc3)c2-n2c3ccccc3c3ccccc32)cc1. The van der Waals surface area contributed by atoms with E-state index in [1.165, 1.54) is 91.7 Å². The molecule has 0 atom stereocenters. The van der Waals surface area contributed by atoms with Crippen LogP contribution in [0, 0.1) is 0 Å². The van der Waals surface area contributed by atoms with Gasteiger partial charge in [0.15, 0.2) is 0 Å². The van der Waals surface area contributed by atoms with Crippen LogP contribution in [0.1, 0.15) is 0 Å². The molecule has 0 aliphatic heterocycles. The first-order valence-electron chi connectivity index (χ1n) is 17.4. The van der Waals surface area contributed by atoms with E-state index in [1.807, 2.05) is 11.3 Å². The molecule has 0 saturated carbocycles. The fourth-order valence-electron chi connectivity index (χ4n) is 8.33. The molecule has 0 saturated heterocycles. The second-order valence-corrected chi connectivity index (χ2v) is 14.3. The number of nitrogens with zero attached hydrogens (tertiary/aromatic N) is 2. The molecular weight excluding hydrogens is 637 g/mol. The van der Waals surface area contributed by atoms with Gasteiger partial charge in [0, 0.05) is 58.5 Å². The van der Waals surface area contributed by atoms with Gasteiger partial charge in [0.05, 0.1) is 27.8 Å². The summed E-state index contributed by atoms with van der Waals surface area (Å²) in [5.74, 6) is 0. The van der Waals surface area contributed by atoms with Crippen LogP contribution in [0.4, 0.5) is 0 Å². The van der Waals surface area contributed by atoms with E-state index in [-0.39, 0.29) is 0 Å². The summed E-state index contributed by atoms with van der Waals surface area (Å²) in [7, 11) is 0. The standard InChI is InChI=1S/C48H30N2S/c1-2-13-31(14-3-1)34-19-12-20-35(47(34)50-41-21-8-4-15-36(41)37-16-5-9-22-42(37)50)32-25-27-33(28-26-32)49-43-23-10-6-18-40(43)46-44(49)30-29-39-38-17-7-11-24-45(38)51-48(39)46/h1-30H. The zero-order valence-corrected chi connectivity index (χ0v) is 28.4. The van der Waals surface area contributed by atoms with Gasteiger partial charge in [-0.3, -0.25) is 0 Å². The van der Waals surface area contributed by atoms with Crippen LogP contribution < -0.4 is 0 Å². The summed E-state index contributed by atoms with van der Waals surface area (Å²) in [4.78, 5) is 0. The first-order chi connectivity index (χ1) is 25.3. The normalized spacial score (nSPS) is 11.9. The quantitative estimate of drug-likeness (QED) is 0.177. The Balaban J connectivity index is 1.15. The molecule has 0 N–H and O–H groups in total. The minimum absolute atomic E-state index is 1.16. The van der Waals surface area contributed by atoms with Gasteiger partial charge >= 0.3 is 0 Å². The van der Waals surface area contributed by atoms with Gasteiger partial charge in [-0.2, -0.15) is 0 Å². The summed E-state index contributed by atoms with van der Waals surface area (Å²) in [6.45, 7) is 0. The maximum atomic E-state index is 2.47. The molecule has 51 heavy (non-hydrogen) atoms. The summed E-state index contributed by atoms with van der Waals surface area (Å²) in [6.07, 6.45) is 0. The highest BCUT2D eigenvalue weighted by atomic mass is 32.1. The fourth-order valence-corrected chi connectivity index (χ4v) is 9.59. The minimum Gasteiger partial charge on any atom is -0.309 e. The van der Waals surface area contributed by atoms with Crippen molar-refractivity contribution in [1.29, 1.82) is 0 Å². The van der Waals surface area contributed by atoms with Gasteiger partial charge < -0.3 is 9.13 Å². The summed E-state index contributed by atoms with van der Waals surface area (Å²) in [6, 6.07) is 66.5. The molecule has 238 valence electrons. The van der Waals surface area contributed by atoms with E-state index in [0.29, 0.717) is 0 Å². The van der Waals surface area contributed by atoms with Crippen LogP contribution in [0.2, 0.25) is 0 Å². The molecule has 0 aliphatic rings. The van der Waals surface area contributed by atoms with Crippen molar-refractivity contribution in [2.45, 2.75) is 0 Å². The Labute approximate surface area is 298 Å². The lowest BCUT2D eigenvalue weighted by molar-refractivity contribution is 1.17. The monoisotopic (exact) mass is 666 g/mol. The number of hydrogen-bond acceptors (Lipinski definition) is 1. The molecule has 0 spiro atoms. The van der Waals surface area contributed by atoms with Crippen molar-refractivity contribution in [3.63, 3.8) is 0 Å². The average molecular weight is 667 g/mol. The number of hydrogen-bond donors (Lipinski definition) is 0. The summed E-state index contributed by atoms with van der Waals surface area (Å²) < 4.78 is 7.60. The molecule has 2 nitrogen and oxygen atoms in total. The summed E-state index contributed by atoms with van der Waals surface area (Å²) in [5.41, 5.74) is 12.0. The van der Waals surface area contributed by atoms with E-state index in [2.05, 4.69) is 191 Å². The van der Waals surface area contributed by atoms with Gasteiger partial charge in [0.2, 0.25) is 0 Å². The maximum absolute atomic E-state index is 2.47. The topological polar surface area (TPSA) is 9.86 Å². The fraction of sp³-hybridized carbons (Fsp3) is 0. The molecule has 11 rings (SSSR count). The van der Waals surface area contributed by atoms with Crippen LogP contribution >= 0.6 is 11.3 Å². The molecule has 0 fully saturated rings. The molecule has 0 bridgehead atoms. The lowest BCUT2D eigenvalue weighted by Gasteiger charge is -2.19. The molecule has 0 unspecified atom stereocenters. The molecule has 3 aromatic heterocycles. The Morgan fingerprint density at radius 3 is 1.57 bits per heavy atom. The summed E-state index contributed by atoms with van der Waals surface area (Å²) in [5, 5.41) is 7.80. The van der Waals surface area contributed by atoms with Crippen LogP contribution in [0.15, 0.2) is 182 Å². The van der Waals surface area contributed by atoms with E-state index in [0.717, 1.165) is 5.69 Å². The molecule has 0 amide bonds. The van der Waals surface area contributed by atoms with Crippen molar-refractivity contribution in [3.05, 3.63) is 182 Å². The van der Waals surface area contributed by atoms with Crippen molar-refractivity contribution < 1.29 is 0 Å². The molecule has 11 aromatic rings. The third-order valence-corrected chi connectivity index (χ3v) is 11.7. The van der Waals surface area contributed by atoms with Crippen molar-refractivity contribution >= 4 is 75.1 Å². The zero-order chi connectivity index (χ0) is 33.5. The van der Waals surface area contributed by atoms with Gasteiger partial charge in [-0.05, 0) is 53.6 Å². The van der Waals surface area contributed by atoms with Crippen LogP contribution in [0.25, 0.3) is 97.4 Å². The maximum Gasteiger partial charge on any atom is 0.0618 e. The second kappa shape index (κ2) is 11.0. The first kappa shape index (κ1) is 28.4. The zero-order valence-electron chi connectivity index (χ0n) is 27.6. The van der Waals surface area contributed by atoms with Crippen LogP contribution in [-0.2, 0) is 0 Å². The highest BCUT2D eigenvalue weighted by molar-refractivity contribution is 7.26. The Bertz CT molecular complexity index is 3070. The Kier molecular flexibility index (Phi) is 6.16. The van der Waals surface area contributed by atoms with Gasteiger partial charge in [0.25, 0.3) is 0 Å². The lowest BCUT2D eigenvalue weighted by Crippen LogP contribution is -2.01. The van der Waals surface area contributed by atoms with Crippen LogP contribution in [-0.4, -0.2) is 9.13 Å². The number of benzene rings is 8. The largest absolute Gasteiger partial charge is 0.309 e.